The second-order valence-corrected chi connectivity index (χ2v) is 5.92. The predicted molar refractivity (Wildman–Crippen MR) is 66.4 cm³/mol. The molecule has 1 aliphatic rings. The zero-order valence-corrected chi connectivity index (χ0v) is 11.0. The van der Waals surface area contributed by atoms with Crippen LogP contribution in [-0.2, 0) is 7.05 Å². The molecule has 1 aliphatic carbocycles. The predicted octanol–water partition coefficient (Wildman–Crippen LogP) is 1.17. The fourth-order valence-corrected chi connectivity index (χ4v) is 2.49. The maximum atomic E-state index is 12.1. The number of rotatable bonds is 2. The minimum atomic E-state index is -0.147. The molecule has 0 unspecified atom stereocenters. The summed E-state index contributed by atoms with van der Waals surface area (Å²) in [6.07, 6.45) is 1.50. The van der Waals surface area contributed by atoms with Crippen LogP contribution in [0, 0.1) is 10.8 Å². The zero-order chi connectivity index (χ0) is 13.0. The Labute approximate surface area is 101 Å². The Morgan fingerprint density at radius 1 is 1.41 bits per heavy atom. The number of carbonyl (C=O) groups excluding carboxylic acids is 1. The smallest absolute Gasteiger partial charge is 0.271 e. The summed E-state index contributed by atoms with van der Waals surface area (Å²) in [5, 5.41) is 7.01. The summed E-state index contributed by atoms with van der Waals surface area (Å²) >= 11 is 0. The number of hydrogen-bond acceptors (Lipinski definition) is 3. The van der Waals surface area contributed by atoms with Gasteiger partial charge in [-0.1, -0.05) is 27.7 Å². The molecule has 1 aromatic heterocycles. The third-order valence-corrected chi connectivity index (χ3v) is 4.48. The number of nitrogens with zero attached hydrogens (tertiary/aromatic N) is 2. The van der Waals surface area contributed by atoms with Crippen LogP contribution < -0.4 is 11.1 Å². The van der Waals surface area contributed by atoms with E-state index in [1.165, 1.54) is 10.9 Å². The molecule has 3 N–H and O–H groups in total. The second kappa shape index (κ2) is 3.24. The number of amides is 1. The maximum Gasteiger partial charge on any atom is 0.271 e. The van der Waals surface area contributed by atoms with E-state index in [1.807, 2.05) is 0 Å². The monoisotopic (exact) mass is 236 g/mol. The molecule has 5 heteroatoms. The summed E-state index contributed by atoms with van der Waals surface area (Å²) in [5.74, 6) is -0.147. The molecule has 5 nitrogen and oxygen atoms in total. The van der Waals surface area contributed by atoms with Crippen LogP contribution in [0.25, 0.3) is 0 Å². The van der Waals surface area contributed by atoms with Crippen molar-refractivity contribution in [3.63, 3.8) is 0 Å². The van der Waals surface area contributed by atoms with Crippen molar-refractivity contribution in [2.24, 2.45) is 17.9 Å². The maximum absolute atomic E-state index is 12.1. The minimum absolute atomic E-state index is 0.121. The van der Waals surface area contributed by atoms with Crippen molar-refractivity contribution < 1.29 is 4.79 Å². The van der Waals surface area contributed by atoms with Gasteiger partial charge in [0.1, 0.15) is 5.69 Å². The van der Waals surface area contributed by atoms with E-state index in [2.05, 4.69) is 38.1 Å². The molecule has 1 heterocycles. The lowest BCUT2D eigenvalue weighted by atomic mass is 10.0. The van der Waals surface area contributed by atoms with E-state index < -0.39 is 0 Å². The number of carbonyl (C=O) groups is 1. The van der Waals surface area contributed by atoms with Gasteiger partial charge in [-0.25, -0.2) is 0 Å². The Morgan fingerprint density at radius 2 is 1.94 bits per heavy atom. The van der Waals surface area contributed by atoms with E-state index in [-0.39, 0.29) is 22.8 Å². The number of aryl methyl sites for hydroxylation is 1. The second-order valence-electron chi connectivity index (χ2n) is 5.92. The highest BCUT2D eigenvalue weighted by Crippen LogP contribution is 2.62. The van der Waals surface area contributed by atoms with Crippen LogP contribution in [0.15, 0.2) is 6.20 Å². The first-order valence-electron chi connectivity index (χ1n) is 5.78. The lowest BCUT2D eigenvalue weighted by molar-refractivity contribution is 0.0935. The van der Waals surface area contributed by atoms with Gasteiger partial charge in [0, 0.05) is 13.1 Å². The van der Waals surface area contributed by atoms with E-state index >= 15 is 0 Å². The molecular weight excluding hydrogens is 216 g/mol. The summed E-state index contributed by atoms with van der Waals surface area (Å²) in [5.41, 5.74) is 6.82. The van der Waals surface area contributed by atoms with Gasteiger partial charge in [0.2, 0.25) is 0 Å². The average Bonchev–Trinajstić information content (AvgIpc) is 2.51. The molecule has 0 atom stereocenters. The van der Waals surface area contributed by atoms with Crippen molar-refractivity contribution in [3.05, 3.63) is 11.9 Å². The number of aromatic nitrogens is 2. The lowest BCUT2D eigenvalue weighted by Gasteiger charge is -2.07. The Morgan fingerprint density at radius 3 is 2.29 bits per heavy atom. The van der Waals surface area contributed by atoms with Crippen LogP contribution in [0.1, 0.15) is 38.2 Å². The molecule has 0 saturated heterocycles. The highest BCUT2D eigenvalue weighted by atomic mass is 16.2. The van der Waals surface area contributed by atoms with Gasteiger partial charge < -0.3 is 11.1 Å². The molecule has 1 amide bonds. The standard InChI is InChI=1S/C12H20N4O/c1-11(2)10(12(11,3)4)15-9(17)8-7(13)6-14-16(8)5/h6,10H,13H2,1-5H3,(H,15,17). The summed E-state index contributed by atoms with van der Waals surface area (Å²) < 4.78 is 1.51. The topological polar surface area (TPSA) is 72.9 Å². The van der Waals surface area contributed by atoms with Gasteiger partial charge in [-0.15, -0.1) is 0 Å². The van der Waals surface area contributed by atoms with Crippen LogP contribution in [0.2, 0.25) is 0 Å². The van der Waals surface area contributed by atoms with Crippen molar-refractivity contribution in [2.75, 3.05) is 5.73 Å². The van der Waals surface area contributed by atoms with Crippen LogP contribution in [0.3, 0.4) is 0 Å². The first-order chi connectivity index (χ1) is 7.69. The van der Waals surface area contributed by atoms with E-state index in [1.54, 1.807) is 7.05 Å². The van der Waals surface area contributed by atoms with Crippen molar-refractivity contribution in [2.45, 2.75) is 33.7 Å². The molecule has 1 fully saturated rings. The van der Waals surface area contributed by atoms with Crippen molar-refractivity contribution in [1.29, 1.82) is 0 Å². The van der Waals surface area contributed by atoms with Crippen molar-refractivity contribution in [1.82, 2.24) is 15.1 Å². The highest BCUT2D eigenvalue weighted by Gasteiger charge is 2.65. The molecule has 0 bridgehead atoms. The molecule has 0 radical (unpaired) electrons. The fourth-order valence-electron chi connectivity index (χ4n) is 2.49. The largest absolute Gasteiger partial charge is 0.396 e. The molecule has 0 spiro atoms. The first kappa shape index (κ1) is 12.0. The Bertz CT molecular complexity index is 439. The Hall–Kier alpha value is -1.52. The van der Waals surface area contributed by atoms with Gasteiger partial charge in [-0.3, -0.25) is 9.48 Å². The molecule has 0 aliphatic heterocycles. The molecule has 17 heavy (non-hydrogen) atoms. The van der Waals surface area contributed by atoms with E-state index in [0.717, 1.165) is 0 Å². The van der Waals surface area contributed by atoms with Gasteiger partial charge in [-0.05, 0) is 10.8 Å². The third kappa shape index (κ3) is 1.52. The Balaban J connectivity index is 2.15. The number of anilines is 1. The summed E-state index contributed by atoms with van der Waals surface area (Å²) in [4.78, 5) is 12.1. The highest BCUT2D eigenvalue weighted by molar-refractivity contribution is 5.97. The van der Waals surface area contributed by atoms with Gasteiger partial charge in [0.25, 0.3) is 5.91 Å². The van der Waals surface area contributed by atoms with E-state index in [0.29, 0.717) is 11.4 Å². The zero-order valence-electron chi connectivity index (χ0n) is 11.0. The Kier molecular flexibility index (Phi) is 2.28. The first-order valence-corrected chi connectivity index (χ1v) is 5.78. The minimum Gasteiger partial charge on any atom is -0.396 e. The molecule has 0 aromatic carbocycles. The van der Waals surface area contributed by atoms with Crippen LogP contribution in [0.5, 0.6) is 0 Å². The van der Waals surface area contributed by atoms with Gasteiger partial charge in [-0.2, -0.15) is 5.10 Å². The summed E-state index contributed by atoms with van der Waals surface area (Å²) in [6.45, 7) is 8.63. The quantitative estimate of drug-likeness (QED) is 0.809. The number of hydrogen-bond donors (Lipinski definition) is 2. The molecule has 1 aromatic rings. The average molecular weight is 236 g/mol. The summed E-state index contributed by atoms with van der Waals surface area (Å²) in [7, 11) is 1.72. The van der Waals surface area contributed by atoms with E-state index in [9.17, 15) is 4.79 Å². The van der Waals surface area contributed by atoms with Crippen LogP contribution in [0.4, 0.5) is 5.69 Å². The molecule has 1 saturated carbocycles. The van der Waals surface area contributed by atoms with Gasteiger partial charge >= 0.3 is 0 Å². The number of nitrogens with one attached hydrogen (secondary N) is 1. The van der Waals surface area contributed by atoms with Gasteiger partial charge in [0.15, 0.2) is 0 Å². The van der Waals surface area contributed by atoms with Crippen molar-refractivity contribution >= 4 is 11.6 Å². The summed E-state index contributed by atoms with van der Waals surface area (Å²) in [6, 6.07) is 0.178. The van der Waals surface area contributed by atoms with Gasteiger partial charge in [0.05, 0.1) is 11.9 Å². The SMILES string of the molecule is Cn1ncc(N)c1C(=O)NC1C(C)(C)C1(C)C. The fraction of sp³-hybridized carbons (Fsp3) is 0.667. The number of nitrogen functional groups attached to an aromatic ring is 1. The van der Waals surface area contributed by atoms with E-state index in [4.69, 9.17) is 5.73 Å². The van der Waals surface area contributed by atoms with Crippen LogP contribution in [-0.4, -0.2) is 21.7 Å². The van der Waals surface area contributed by atoms with Crippen molar-refractivity contribution in [3.8, 4) is 0 Å². The normalized spacial score (nSPS) is 21.2. The lowest BCUT2D eigenvalue weighted by Crippen LogP contribution is -2.31. The molecule has 2 rings (SSSR count). The van der Waals surface area contributed by atoms with Crippen LogP contribution >= 0.6 is 0 Å². The molecular formula is C12H20N4O. The molecule has 94 valence electrons. The third-order valence-electron chi connectivity index (χ3n) is 4.48. The number of nitrogens with two attached hydrogens (primary N) is 1.